The van der Waals surface area contributed by atoms with Gasteiger partial charge in [0.05, 0.1) is 29.7 Å². The van der Waals surface area contributed by atoms with Crippen LogP contribution in [0, 0.1) is 17.8 Å². The molecule has 1 saturated heterocycles. The maximum absolute atomic E-state index is 12.7. The number of amides is 2. The minimum Gasteiger partial charge on any atom is -0.462 e. The number of benzene rings is 1. The molecule has 3 rings (SSSR count). The van der Waals surface area contributed by atoms with E-state index in [0.29, 0.717) is 23.8 Å². The van der Waals surface area contributed by atoms with Gasteiger partial charge in [-0.2, -0.15) is 0 Å². The van der Waals surface area contributed by atoms with Gasteiger partial charge >= 0.3 is 5.97 Å². The summed E-state index contributed by atoms with van der Waals surface area (Å²) in [6, 6.07) is 6.52. The van der Waals surface area contributed by atoms with Gasteiger partial charge in [0.1, 0.15) is 0 Å². The van der Waals surface area contributed by atoms with Crippen molar-refractivity contribution in [3.05, 3.63) is 29.8 Å². The topological polar surface area (TPSA) is 63.7 Å². The molecule has 0 spiro atoms. The van der Waals surface area contributed by atoms with E-state index < -0.39 is 0 Å². The summed E-state index contributed by atoms with van der Waals surface area (Å²) < 4.78 is 5.09. The SMILES string of the molecule is CCCOC(=O)c1ccc(N2C(=O)[C@H]3CC[C@H](C)C[C@@H]3C2=O)cc1. The van der Waals surface area contributed by atoms with Crippen molar-refractivity contribution in [1.82, 2.24) is 0 Å². The van der Waals surface area contributed by atoms with Crippen LogP contribution >= 0.6 is 0 Å². The molecule has 2 amide bonds. The zero-order valence-electron chi connectivity index (χ0n) is 14.2. The molecule has 2 aliphatic rings. The van der Waals surface area contributed by atoms with Gasteiger partial charge in [-0.3, -0.25) is 14.5 Å². The molecule has 1 heterocycles. The van der Waals surface area contributed by atoms with Crippen molar-refractivity contribution < 1.29 is 19.1 Å². The first-order chi connectivity index (χ1) is 11.5. The van der Waals surface area contributed by atoms with E-state index in [2.05, 4.69) is 6.92 Å². The highest BCUT2D eigenvalue weighted by Gasteiger charge is 2.49. The minimum absolute atomic E-state index is 0.0989. The van der Waals surface area contributed by atoms with Gasteiger partial charge in [-0.25, -0.2) is 4.79 Å². The van der Waals surface area contributed by atoms with Gasteiger partial charge in [-0.15, -0.1) is 0 Å². The first-order valence-electron chi connectivity index (χ1n) is 8.68. The lowest BCUT2D eigenvalue weighted by Crippen LogP contribution is -2.30. The number of carbonyl (C=O) groups excluding carboxylic acids is 3. The summed E-state index contributed by atoms with van der Waals surface area (Å²) >= 11 is 0. The van der Waals surface area contributed by atoms with Crippen LogP contribution in [0.15, 0.2) is 24.3 Å². The van der Waals surface area contributed by atoms with Crippen molar-refractivity contribution in [3.63, 3.8) is 0 Å². The van der Waals surface area contributed by atoms with Crippen LogP contribution < -0.4 is 4.90 Å². The molecule has 0 aromatic heterocycles. The zero-order valence-corrected chi connectivity index (χ0v) is 14.2. The second-order valence-electron chi connectivity index (χ2n) is 6.83. The monoisotopic (exact) mass is 329 g/mol. The Hall–Kier alpha value is -2.17. The number of rotatable bonds is 4. The molecular weight excluding hydrogens is 306 g/mol. The number of hydrogen-bond acceptors (Lipinski definition) is 4. The number of carbonyl (C=O) groups is 3. The summed E-state index contributed by atoms with van der Waals surface area (Å²) in [5, 5.41) is 0. The molecule has 128 valence electrons. The molecule has 1 aliphatic carbocycles. The van der Waals surface area contributed by atoms with Crippen molar-refractivity contribution in [3.8, 4) is 0 Å². The largest absolute Gasteiger partial charge is 0.462 e. The fraction of sp³-hybridized carbons (Fsp3) is 0.526. The maximum atomic E-state index is 12.7. The van der Waals surface area contributed by atoms with Gasteiger partial charge in [0.2, 0.25) is 11.8 Å². The van der Waals surface area contributed by atoms with E-state index in [9.17, 15) is 14.4 Å². The van der Waals surface area contributed by atoms with Crippen LogP contribution in [0.5, 0.6) is 0 Å². The lowest BCUT2D eigenvalue weighted by atomic mass is 9.76. The van der Waals surface area contributed by atoms with Crippen LogP contribution in [0.4, 0.5) is 5.69 Å². The van der Waals surface area contributed by atoms with Gasteiger partial charge in [-0.1, -0.05) is 13.8 Å². The number of fused-ring (bicyclic) bond motifs is 1. The van der Waals surface area contributed by atoms with Crippen molar-refractivity contribution in [2.24, 2.45) is 17.8 Å². The van der Waals surface area contributed by atoms with Crippen LogP contribution in [0.3, 0.4) is 0 Å². The molecule has 0 unspecified atom stereocenters. The van der Waals surface area contributed by atoms with Gasteiger partial charge < -0.3 is 4.74 Å². The Balaban J connectivity index is 1.78. The highest BCUT2D eigenvalue weighted by atomic mass is 16.5. The maximum Gasteiger partial charge on any atom is 0.338 e. The van der Waals surface area contributed by atoms with E-state index in [1.54, 1.807) is 24.3 Å². The smallest absolute Gasteiger partial charge is 0.338 e. The summed E-state index contributed by atoms with van der Waals surface area (Å²) in [5.74, 6) is -0.460. The average Bonchev–Trinajstić information content (AvgIpc) is 2.83. The summed E-state index contributed by atoms with van der Waals surface area (Å²) in [4.78, 5) is 38.4. The summed E-state index contributed by atoms with van der Waals surface area (Å²) in [7, 11) is 0. The van der Waals surface area contributed by atoms with Crippen LogP contribution in [-0.4, -0.2) is 24.4 Å². The molecule has 1 aromatic carbocycles. The normalized spacial score (nSPS) is 26.4. The van der Waals surface area contributed by atoms with Gasteiger partial charge in [0, 0.05) is 0 Å². The quantitative estimate of drug-likeness (QED) is 0.629. The number of anilines is 1. The molecule has 5 nitrogen and oxygen atoms in total. The molecule has 1 saturated carbocycles. The van der Waals surface area contributed by atoms with Crippen LogP contribution in [-0.2, 0) is 14.3 Å². The fourth-order valence-corrected chi connectivity index (χ4v) is 3.67. The summed E-state index contributed by atoms with van der Waals surface area (Å²) in [5.41, 5.74) is 0.969. The first kappa shape index (κ1) is 16.7. The van der Waals surface area contributed by atoms with Crippen molar-refractivity contribution in [2.45, 2.75) is 39.5 Å². The van der Waals surface area contributed by atoms with Crippen molar-refractivity contribution >= 4 is 23.5 Å². The van der Waals surface area contributed by atoms with E-state index in [1.807, 2.05) is 6.92 Å². The molecule has 1 aromatic rings. The predicted molar refractivity (Wildman–Crippen MR) is 89.5 cm³/mol. The van der Waals surface area contributed by atoms with E-state index in [4.69, 9.17) is 4.74 Å². The van der Waals surface area contributed by atoms with E-state index in [-0.39, 0.29) is 29.6 Å². The van der Waals surface area contributed by atoms with Gasteiger partial charge in [0.25, 0.3) is 0 Å². The zero-order chi connectivity index (χ0) is 17.3. The number of hydrogen-bond donors (Lipinski definition) is 0. The molecule has 5 heteroatoms. The number of esters is 1. The lowest BCUT2D eigenvalue weighted by molar-refractivity contribution is -0.122. The van der Waals surface area contributed by atoms with Gasteiger partial charge in [-0.05, 0) is 55.9 Å². The average molecular weight is 329 g/mol. The third-order valence-electron chi connectivity index (χ3n) is 4.99. The van der Waals surface area contributed by atoms with Crippen molar-refractivity contribution in [1.29, 1.82) is 0 Å². The number of ether oxygens (including phenoxy) is 1. The third kappa shape index (κ3) is 2.95. The van der Waals surface area contributed by atoms with E-state index >= 15 is 0 Å². The van der Waals surface area contributed by atoms with Crippen LogP contribution in [0.25, 0.3) is 0 Å². The van der Waals surface area contributed by atoms with E-state index in [1.165, 1.54) is 4.90 Å². The molecule has 0 N–H and O–H groups in total. The Kier molecular flexibility index (Phi) is 4.69. The predicted octanol–water partition coefficient (Wildman–Crippen LogP) is 3.18. The second-order valence-corrected chi connectivity index (χ2v) is 6.83. The van der Waals surface area contributed by atoms with E-state index in [0.717, 1.165) is 25.7 Å². The highest BCUT2D eigenvalue weighted by Crippen LogP contribution is 2.42. The second kappa shape index (κ2) is 6.75. The van der Waals surface area contributed by atoms with Crippen LogP contribution in [0.1, 0.15) is 49.9 Å². The number of nitrogens with zero attached hydrogens (tertiary/aromatic N) is 1. The molecule has 24 heavy (non-hydrogen) atoms. The molecule has 0 bridgehead atoms. The molecule has 0 radical (unpaired) electrons. The summed E-state index contributed by atoms with van der Waals surface area (Å²) in [6.45, 7) is 4.44. The Morgan fingerprint density at radius 2 is 1.79 bits per heavy atom. The molecular formula is C19H23NO4. The number of imide groups is 1. The highest BCUT2D eigenvalue weighted by molar-refractivity contribution is 6.22. The van der Waals surface area contributed by atoms with Crippen molar-refractivity contribution in [2.75, 3.05) is 11.5 Å². The fourth-order valence-electron chi connectivity index (χ4n) is 3.67. The Labute approximate surface area is 142 Å². The standard InChI is InChI=1S/C19H23NO4/c1-3-10-24-19(23)13-5-7-14(8-6-13)20-17(21)15-9-4-12(2)11-16(15)18(20)22/h5-8,12,15-16H,3-4,9-11H2,1-2H3/t12-,15-,16-/m0/s1. The Bertz CT molecular complexity index is 652. The third-order valence-corrected chi connectivity index (χ3v) is 4.99. The lowest BCUT2D eigenvalue weighted by Gasteiger charge is -2.25. The minimum atomic E-state index is -0.384. The molecule has 3 atom stereocenters. The molecule has 1 aliphatic heterocycles. The Morgan fingerprint density at radius 3 is 2.46 bits per heavy atom. The van der Waals surface area contributed by atoms with Crippen LogP contribution in [0.2, 0.25) is 0 Å². The Morgan fingerprint density at radius 1 is 1.12 bits per heavy atom. The molecule has 2 fully saturated rings. The first-order valence-corrected chi connectivity index (χ1v) is 8.68. The summed E-state index contributed by atoms with van der Waals surface area (Å²) in [6.07, 6.45) is 3.33. The van der Waals surface area contributed by atoms with Gasteiger partial charge in [0.15, 0.2) is 0 Å².